The third-order valence-corrected chi connectivity index (χ3v) is 1.93. The first kappa shape index (κ1) is 9.20. The molecule has 0 aromatic heterocycles. The Morgan fingerprint density at radius 1 is 1.42 bits per heavy atom. The van der Waals surface area contributed by atoms with Gasteiger partial charge in [0.15, 0.2) is 0 Å². The van der Waals surface area contributed by atoms with Crippen molar-refractivity contribution in [1.29, 1.82) is 0 Å². The summed E-state index contributed by atoms with van der Waals surface area (Å²) in [5, 5.41) is 0. The van der Waals surface area contributed by atoms with E-state index in [-0.39, 0.29) is 11.9 Å². The summed E-state index contributed by atoms with van der Waals surface area (Å²) in [4.78, 5) is 0. The van der Waals surface area contributed by atoms with Crippen molar-refractivity contribution in [3.8, 4) is 0 Å². The molecule has 0 amide bonds. The molecule has 0 saturated heterocycles. The highest BCUT2D eigenvalue weighted by Gasteiger charge is 2.04. The van der Waals surface area contributed by atoms with Crippen LogP contribution in [0.5, 0.6) is 0 Å². The van der Waals surface area contributed by atoms with Crippen LogP contribution >= 0.6 is 0 Å². The first-order chi connectivity index (χ1) is 5.63. The summed E-state index contributed by atoms with van der Waals surface area (Å²) >= 11 is 0. The fourth-order valence-corrected chi connectivity index (χ4v) is 1.21. The maximum atomic E-state index is 12.9. The van der Waals surface area contributed by atoms with Gasteiger partial charge in [0, 0.05) is 6.04 Å². The molecule has 0 spiro atoms. The Morgan fingerprint density at radius 3 is 2.58 bits per heavy atom. The molecule has 0 saturated carbocycles. The quantitative estimate of drug-likeness (QED) is 0.719. The summed E-state index contributed by atoms with van der Waals surface area (Å²) in [5.74, 6) is -0.200. The van der Waals surface area contributed by atoms with Crippen molar-refractivity contribution in [3.05, 3.63) is 35.1 Å². The second-order valence-electron chi connectivity index (χ2n) is 3.08. The van der Waals surface area contributed by atoms with E-state index in [4.69, 9.17) is 5.73 Å². The van der Waals surface area contributed by atoms with Crippen molar-refractivity contribution in [1.82, 2.24) is 0 Å². The summed E-state index contributed by atoms with van der Waals surface area (Å²) in [6, 6.07) is 4.89. The lowest BCUT2D eigenvalue weighted by Gasteiger charge is -2.09. The van der Waals surface area contributed by atoms with Gasteiger partial charge in [-0.2, -0.15) is 0 Å². The van der Waals surface area contributed by atoms with Gasteiger partial charge in [0.2, 0.25) is 0 Å². The lowest BCUT2D eigenvalue weighted by molar-refractivity contribution is 0.615. The van der Waals surface area contributed by atoms with Gasteiger partial charge < -0.3 is 5.73 Å². The van der Waals surface area contributed by atoms with Crippen LogP contribution in [0, 0.1) is 12.7 Å². The minimum atomic E-state index is -0.200. The van der Waals surface area contributed by atoms with Gasteiger partial charge in [-0.3, -0.25) is 0 Å². The molecule has 1 aromatic rings. The minimum Gasteiger partial charge on any atom is -0.324 e. The highest BCUT2D eigenvalue weighted by molar-refractivity contribution is 5.25. The lowest BCUT2D eigenvalue weighted by atomic mass is 10.0. The van der Waals surface area contributed by atoms with E-state index in [0.29, 0.717) is 0 Å². The van der Waals surface area contributed by atoms with Crippen LogP contribution in [0.4, 0.5) is 4.39 Å². The van der Waals surface area contributed by atoms with Crippen LogP contribution < -0.4 is 5.73 Å². The van der Waals surface area contributed by atoms with Gasteiger partial charge in [0.1, 0.15) is 5.82 Å². The number of nitrogens with two attached hydrogens (primary N) is 1. The molecule has 0 heterocycles. The summed E-state index contributed by atoms with van der Waals surface area (Å²) in [6.45, 7) is 3.86. The molecule has 0 fully saturated rings. The second kappa shape index (κ2) is 3.68. The van der Waals surface area contributed by atoms with Gasteiger partial charge in [-0.1, -0.05) is 13.0 Å². The van der Waals surface area contributed by atoms with Crippen LogP contribution in [0.2, 0.25) is 0 Å². The lowest BCUT2D eigenvalue weighted by Crippen LogP contribution is -2.08. The molecule has 0 aliphatic heterocycles. The average Bonchev–Trinajstić information content (AvgIpc) is 2.01. The fourth-order valence-electron chi connectivity index (χ4n) is 1.21. The van der Waals surface area contributed by atoms with Crippen molar-refractivity contribution >= 4 is 0 Å². The minimum absolute atomic E-state index is 0.0422. The summed E-state index contributed by atoms with van der Waals surface area (Å²) < 4.78 is 12.9. The Morgan fingerprint density at radius 2 is 2.08 bits per heavy atom. The summed E-state index contributed by atoms with van der Waals surface area (Å²) in [6.07, 6.45) is 0.836. The van der Waals surface area contributed by atoms with E-state index in [1.165, 1.54) is 12.1 Å². The van der Waals surface area contributed by atoms with Crippen LogP contribution in [0.15, 0.2) is 18.2 Å². The van der Waals surface area contributed by atoms with E-state index in [1.807, 2.05) is 19.9 Å². The Kier molecular flexibility index (Phi) is 2.82. The SMILES string of the molecule is CC[C@@H](N)c1cc(C)cc(F)c1. The van der Waals surface area contributed by atoms with Crippen molar-refractivity contribution in [3.63, 3.8) is 0 Å². The number of hydrogen-bond acceptors (Lipinski definition) is 1. The molecule has 1 nitrogen and oxygen atoms in total. The van der Waals surface area contributed by atoms with E-state index < -0.39 is 0 Å². The van der Waals surface area contributed by atoms with E-state index in [9.17, 15) is 4.39 Å². The number of hydrogen-bond donors (Lipinski definition) is 1. The Labute approximate surface area is 72.4 Å². The van der Waals surface area contributed by atoms with Crippen LogP contribution in [-0.4, -0.2) is 0 Å². The number of benzene rings is 1. The molecule has 2 N–H and O–H groups in total. The topological polar surface area (TPSA) is 26.0 Å². The van der Waals surface area contributed by atoms with E-state index in [0.717, 1.165) is 17.5 Å². The van der Waals surface area contributed by atoms with Crippen molar-refractivity contribution < 1.29 is 4.39 Å². The van der Waals surface area contributed by atoms with Gasteiger partial charge >= 0.3 is 0 Å². The smallest absolute Gasteiger partial charge is 0.123 e. The molecule has 2 heteroatoms. The van der Waals surface area contributed by atoms with Crippen LogP contribution in [-0.2, 0) is 0 Å². The first-order valence-corrected chi connectivity index (χ1v) is 4.16. The second-order valence-corrected chi connectivity index (χ2v) is 3.08. The summed E-state index contributed by atoms with van der Waals surface area (Å²) in [7, 11) is 0. The maximum absolute atomic E-state index is 12.9. The molecule has 0 radical (unpaired) electrons. The molecule has 66 valence electrons. The van der Waals surface area contributed by atoms with E-state index in [1.54, 1.807) is 0 Å². The van der Waals surface area contributed by atoms with Gasteiger partial charge in [-0.25, -0.2) is 4.39 Å². The van der Waals surface area contributed by atoms with Crippen LogP contribution in [0.25, 0.3) is 0 Å². The molecule has 12 heavy (non-hydrogen) atoms. The highest BCUT2D eigenvalue weighted by atomic mass is 19.1. The zero-order valence-electron chi connectivity index (χ0n) is 7.47. The molecule has 1 aromatic carbocycles. The molecule has 0 aliphatic carbocycles. The van der Waals surface area contributed by atoms with Crippen molar-refractivity contribution in [2.75, 3.05) is 0 Å². The van der Waals surface area contributed by atoms with Crippen molar-refractivity contribution in [2.45, 2.75) is 26.3 Å². The zero-order valence-corrected chi connectivity index (χ0v) is 7.47. The fraction of sp³-hybridized carbons (Fsp3) is 0.400. The molecule has 0 aliphatic rings. The monoisotopic (exact) mass is 167 g/mol. The highest BCUT2D eigenvalue weighted by Crippen LogP contribution is 2.16. The molecular formula is C10H14FN. The molecule has 0 unspecified atom stereocenters. The Bertz CT molecular complexity index is 250. The molecule has 0 bridgehead atoms. The van der Waals surface area contributed by atoms with E-state index >= 15 is 0 Å². The molecule has 1 rings (SSSR count). The van der Waals surface area contributed by atoms with Crippen LogP contribution in [0.3, 0.4) is 0 Å². The zero-order chi connectivity index (χ0) is 9.14. The normalized spacial score (nSPS) is 13.0. The van der Waals surface area contributed by atoms with Gasteiger partial charge in [0.05, 0.1) is 0 Å². The first-order valence-electron chi connectivity index (χ1n) is 4.16. The average molecular weight is 167 g/mol. The maximum Gasteiger partial charge on any atom is 0.123 e. The van der Waals surface area contributed by atoms with Gasteiger partial charge in [-0.15, -0.1) is 0 Å². The van der Waals surface area contributed by atoms with Gasteiger partial charge in [-0.05, 0) is 36.6 Å². The summed E-state index contributed by atoms with van der Waals surface area (Å²) in [5.41, 5.74) is 7.57. The molecular weight excluding hydrogens is 153 g/mol. The number of rotatable bonds is 2. The third kappa shape index (κ3) is 2.05. The van der Waals surface area contributed by atoms with Gasteiger partial charge in [0.25, 0.3) is 0 Å². The predicted octanol–water partition coefficient (Wildman–Crippen LogP) is 2.54. The predicted molar refractivity (Wildman–Crippen MR) is 48.4 cm³/mol. The third-order valence-electron chi connectivity index (χ3n) is 1.93. The largest absolute Gasteiger partial charge is 0.324 e. The number of halogens is 1. The van der Waals surface area contributed by atoms with E-state index in [2.05, 4.69) is 0 Å². The Hall–Kier alpha value is -0.890. The number of aryl methyl sites for hydroxylation is 1. The van der Waals surface area contributed by atoms with Crippen LogP contribution in [0.1, 0.15) is 30.5 Å². The standard InChI is InChI=1S/C10H14FN/c1-3-10(12)8-4-7(2)5-9(11)6-8/h4-6,10H,3,12H2,1-2H3/t10-/m1/s1. The Balaban J connectivity index is 3.00. The van der Waals surface area contributed by atoms with Crippen molar-refractivity contribution in [2.24, 2.45) is 5.73 Å². The molecule has 1 atom stereocenters.